The van der Waals surface area contributed by atoms with Crippen LogP contribution in [0.2, 0.25) is 0 Å². The standard InChI is InChI=1S/C28H28F2/c1-3-5-6-7-8-10-22-13-17-24(18-14-22)26-20-19-25(27(29)28(26)30)23-15-11-21(9-4-2)12-16-23/h11-20H,3-7,9H2,1-2H3. The molecule has 0 aliphatic carbocycles. The fourth-order valence-electron chi connectivity index (χ4n) is 3.50. The molecule has 3 aromatic rings. The lowest BCUT2D eigenvalue weighted by Gasteiger charge is -2.10. The van der Waals surface area contributed by atoms with Gasteiger partial charge in [0.2, 0.25) is 0 Å². The van der Waals surface area contributed by atoms with E-state index in [0.717, 1.165) is 31.2 Å². The second-order valence-corrected chi connectivity index (χ2v) is 7.57. The summed E-state index contributed by atoms with van der Waals surface area (Å²) < 4.78 is 29.7. The molecule has 30 heavy (non-hydrogen) atoms. The van der Waals surface area contributed by atoms with Gasteiger partial charge in [0.1, 0.15) is 0 Å². The molecule has 0 aliphatic rings. The minimum atomic E-state index is -0.816. The molecule has 0 bridgehead atoms. The quantitative estimate of drug-likeness (QED) is 0.276. The highest BCUT2D eigenvalue weighted by atomic mass is 19.2. The fraction of sp³-hybridized carbons (Fsp3) is 0.286. The summed E-state index contributed by atoms with van der Waals surface area (Å²) in [6.45, 7) is 4.29. The Morgan fingerprint density at radius 3 is 1.77 bits per heavy atom. The molecular weight excluding hydrogens is 374 g/mol. The molecule has 0 saturated heterocycles. The van der Waals surface area contributed by atoms with Crippen molar-refractivity contribution in [1.82, 2.24) is 0 Å². The first-order valence-electron chi connectivity index (χ1n) is 10.8. The summed E-state index contributed by atoms with van der Waals surface area (Å²) in [6, 6.07) is 18.3. The maximum atomic E-state index is 14.9. The van der Waals surface area contributed by atoms with E-state index >= 15 is 0 Å². The van der Waals surface area contributed by atoms with Gasteiger partial charge in [-0.3, -0.25) is 0 Å². The molecule has 0 aliphatic heterocycles. The molecule has 0 unspecified atom stereocenters. The molecule has 0 radical (unpaired) electrons. The highest BCUT2D eigenvalue weighted by molar-refractivity contribution is 5.72. The van der Waals surface area contributed by atoms with E-state index in [4.69, 9.17) is 0 Å². The van der Waals surface area contributed by atoms with Crippen molar-refractivity contribution in [2.24, 2.45) is 0 Å². The van der Waals surface area contributed by atoms with Crippen LogP contribution in [0.5, 0.6) is 0 Å². The van der Waals surface area contributed by atoms with Crippen molar-refractivity contribution < 1.29 is 8.78 Å². The van der Waals surface area contributed by atoms with Gasteiger partial charge < -0.3 is 0 Å². The molecule has 0 N–H and O–H groups in total. The molecular formula is C28H28F2. The van der Waals surface area contributed by atoms with Gasteiger partial charge in [0.25, 0.3) is 0 Å². The van der Waals surface area contributed by atoms with E-state index in [1.54, 1.807) is 24.3 Å². The summed E-state index contributed by atoms with van der Waals surface area (Å²) in [5.74, 6) is 4.68. The zero-order valence-electron chi connectivity index (χ0n) is 17.8. The Morgan fingerprint density at radius 1 is 0.667 bits per heavy atom. The maximum Gasteiger partial charge on any atom is 0.167 e. The molecule has 0 amide bonds. The lowest BCUT2D eigenvalue weighted by atomic mass is 9.97. The van der Waals surface area contributed by atoms with Crippen LogP contribution in [0.15, 0.2) is 60.7 Å². The average Bonchev–Trinajstić information content (AvgIpc) is 2.77. The Kier molecular flexibility index (Phi) is 7.80. The van der Waals surface area contributed by atoms with Crippen LogP contribution < -0.4 is 0 Å². The minimum absolute atomic E-state index is 0.265. The lowest BCUT2D eigenvalue weighted by molar-refractivity contribution is 0.514. The summed E-state index contributed by atoms with van der Waals surface area (Å²) in [7, 11) is 0. The van der Waals surface area contributed by atoms with Gasteiger partial charge in [0.15, 0.2) is 11.6 Å². The molecule has 0 nitrogen and oxygen atoms in total. The van der Waals surface area contributed by atoms with Crippen LogP contribution in [0.1, 0.15) is 57.1 Å². The fourth-order valence-corrected chi connectivity index (χ4v) is 3.50. The van der Waals surface area contributed by atoms with Gasteiger partial charge in [-0.05, 0) is 41.7 Å². The van der Waals surface area contributed by atoms with E-state index < -0.39 is 11.6 Å². The van der Waals surface area contributed by atoms with Crippen LogP contribution in [0, 0.1) is 23.5 Å². The second kappa shape index (κ2) is 10.7. The largest absolute Gasteiger partial charge is 0.203 e. The monoisotopic (exact) mass is 402 g/mol. The highest BCUT2D eigenvalue weighted by Gasteiger charge is 2.16. The predicted octanol–water partition coefficient (Wildman–Crippen LogP) is 8.18. The van der Waals surface area contributed by atoms with Crippen molar-refractivity contribution >= 4 is 0 Å². The SMILES string of the molecule is CCCCCC#Cc1ccc(-c2ccc(-c3ccc(CCC)cc3)c(F)c2F)cc1. The topological polar surface area (TPSA) is 0 Å². The molecule has 2 heteroatoms. The molecule has 3 aromatic carbocycles. The zero-order chi connectivity index (χ0) is 21.3. The second-order valence-electron chi connectivity index (χ2n) is 7.57. The van der Waals surface area contributed by atoms with E-state index in [2.05, 4.69) is 25.7 Å². The average molecular weight is 403 g/mol. The number of hydrogen-bond acceptors (Lipinski definition) is 0. The van der Waals surface area contributed by atoms with Gasteiger partial charge >= 0.3 is 0 Å². The van der Waals surface area contributed by atoms with E-state index in [1.165, 1.54) is 18.4 Å². The lowest BCUT2D eigenvalue weighted by Crippen LogP contribution is -1.94. The van der Waals surface area contributed by atoms with E-state index in [0.29, 0.717) is 11.1 Å². The smallest absolute Gasteiger partial charge is 0.167 e. The number of rotatable bonds is 7. The number of hydrogen-bond donors (Lipinski definition) is 0. The Balaban J connectivity index is 1.79. The van der Waals surface area contributed by atoms with Crippen LogP contribution >= 0.6 is 0 Å². The number of unbranched alkanes of at least 4 members (excludes halogenated alkanes) is 3. The molecule has 0 saturated carbocycles. The first-order valence-corrected chi connectivity index (χ1v) is 10.8. The van der Waals surface area contributed by atoms with E-state index in [9.17, 15) is 8.78 Å². The van der Waals surface area contributed by atoms with Gasteiger partial charge in [0.05, 0.1) is 0 Å². The summed E-state index contributed by atoms with van der Waals surface area (Å²) in [4.78, 5) is 0. The summed E-state index contributed by atoms with van der Waals surface area (Å²) in [5, 5.41) is 0. The van der Waals surface area contributed by atoms with Gasteiger partial charge in [0, 0.05) is 23.1 Å². The summed E-state index contributed by atoms with van der Waals surface area (Å²) in [5.41, 5.74) is 3.97. The molecule has 0 fully saturated rings. The molecule has 3 rings (SSSR count). The minimum Gasteiger partial charge on any atom is -0.203 e. The van der Waals surface area contributed by atoms with Crippen molar-refractivity contribution in [3.63, 3.8) is 0 Å². The molecule has 0 heterocycles. The van der Waals surface area contributed by atoms with Crippen LogP contribution in [0.25, 0.3) is 22.3 Å². The Hall–Kier alpha value is -2.92. The number of benzene rings is 3. The number of halogens is 2. The van der Waals surface area contributed by atoms with Crippen molar-refractivity contribution in [2.75, 3.05) is 0 Å². The molecule has 0 spiro atoms. The van der Waals surface area contributed by atoms with Crippen molar-refractivity contribution in [1.29, 1.82) is 0 Å². The van der Waals surface area contributed by atoms with Crippen molar-refractivity contribution in [3.8, 4) is 34.1 Å². The van der Waals surface area contributed by atoms with Crippen LogP contribution in [0.4, 0.5) is 8.78 Å². The van der Waals surface area contributed by atoms with Gasteiger partial charge in [-0.25, -0.2) is 8.78 Å². The summed E-state index contributed by atoms with van der Waals surface area (Å²) >= 11 is 0. The Labute approximate surface area is 179 Å². The van der Waals surface area contributed by atoms with Gasteiger partial charge in [-0.1, -0.05) is 93.5 Å². The first-order chi connectivity index (χ1) is 14.6. The molecule has 0 aromatic heterocycles. The normalized spacial score (nSPS) is 10.5. The molecule has 154 valence electrons. The first kappa shape index (κ1) is 21.8. The van der Waals surface area contributed by atoms with Crippen LogP contribution in [0.3, 0.4) is 0 Å². The van der Waals surface area contributed by atoms with Crippen LogP contribution in [-0.4, -0.2) is 0 Å². The zero-order valence-corrected chi connectivity index (χ0v) is 17.8. The van der Waals surface area contributed by atoms with E-state index in [-0.39, 0.29) is 11.1 Å². The van der Waals surface area contributed by atoms with Crippen molar-refractivity contribution in [3.05, 3.63) is 83.4 Å². The number of aryl methyl sites for hydroxylation is 1. The van der Waals surface area contributed by atoms with E-state index in [1.807, 2.05) is 36.4 Å². The van der Waals surface area contributed by atoms with Crippen LogP contribution in [-0.2, 0) is 6.42 Å². The van der Waals surface area contributed by atoms with Gasteiger partial charge in [-0.2, -0.15) is 0 Å². The maximum absolute atomic E-state index is 14.9. The predicted molar refractivity (Wildman–Crippen MR) is 122 cm³/mol. The highest BCUT2D eigenvalue weighted by Crippen LogP contribution is 2.31. The summed E-state index contributed by atoms with van der Waals surface area (Å²) in [6.07, 6.45) is 6.41. The Bertz CT molecular complexity index is 1020. The van der Waals surface area contributed by atoms with Crippen molar-refractivity contribution in [2.45, 2.75) is 52.4 Å². The third kappa shape index (κ3) is 5.36. The third-order valence-corrected chi connectivity index (χ3v) is 5.22. The Morgan fingerprint density at radius 2 is 1.23 bits per heavy atom. The molecule has 0 atom stereocenters. The third-order valence-electron chi connectivity index (χ3n) is 5.22. The van der Waals surface area contributed by atoms with Gasteiger partial charge in [-0.15, -0.1) is 0 Å².